The van der Waals surface area contributed by atoms with Gasteiger partial charge < -0.3 is 168 Å². The molecule has 7 aromatic carbocycles. The molecule has 42 nitrogen and oxygen atoms in total. The van der Waals surface area contributed by atoms with Crippen molar-refractivity contribution in [2.24, 2.45) is 5.73 Å². The van der Waals surface area contributed by atoms with Crippen molar-refractivity contribution >= 4 is 76.4 Å². The third-order valence-electron chi connectivity index (χ3n) is 23.8. The molecule has 9 aliphatic rings. The van der Waals surface area contributed by atoms with Crippen LogP contribution >= 0.6 is 23.2 Å². The Balaban J connectivity index is 1.04. The normalized spacial score (nSPS) is 28.6. The van der Waals surface area contributed by atoms with Gasteiger partial charge in [0.15, 0.2) is 29.3 Å². The molecule has 0 aromatic heterocycles. The first-order valence-corrected chi connectivity index (χ1v) is 43.9. The number of amides is 9. The monoisotopic (exact) mass is 1900 g/mol. The third kappa shape index (κ3) is 21.5. The van der Waals surface area contributed by atoms with E-state index in [-0.39, 0.29) is 51.1 Å². The molecule has 9 heterocycles. The molecule has 718 valence electrons. The molecule has 3 saturated heterocycles. The minimum absolute atomic E-state index is 0.0331. The maximum Gasteiger partial charge on any atom is 0.248 e. The van der Waals surface area contributed by atoms with Crippen LogP contribution in [0.5, 0.6) is 69.0 Å². The summed E-state index contributed by atoms with van der Waals surface area (Å²) in [5, 5.41) is 183. The first-order valence-electron chi connectivity index (χ1n) is 43.1. The number of nitrogens with one attached hydrogen (secondary N) is 9. The molecule has 16 rings (SSSR count). The number of nitrogens with two attached hydrogens (primary N) is 1. The van der Waals surface area contributed by atoms with Crippen LogP contribution in [0.25, 0.3) is 11.1 Å². The molecule has 0 aliphatic carbocycles. The number of hydrogen-bond acceptors (Lipinski definition) is 33. The van der Waals surface area contributed by atoms with Gasteiger partial charge in [0.05, 0.1) is 29.9 Å². The second-order valence-electron chi connectivity index (χ2n) is 33.4. The number of ether oxygens (including phenoxy) is 9. The molecule has 9 amide bonds. The van der Waals surface area contributed by atoms with E-state index in [4.69, 9.17) is 71.6 Å². The number of aromatic hydroxyl groups is 4. The lowest BCUT2D eigenvalue weighted by Gasteiger charge is -2.44. The molecule has 23 atom stereocenters. The zero-order chi connectivity index (χ0) is 96.1. The molecule has 7 aromatic rings. The quantitative estimate of drug-likeness (QED) is 0.0450. The molecule has 3 fully saturated rings. The number of benzene rings is 7. The molecular weight excluding hydrogens is 1800 g/mol. The maximum absolute atomic E-state index is 17.1. The second-order valence-corrected chi connectivity index (χ2v) is 34.2. The second kappa shape index (κ2) is 42.3. The highest BCUT2D eigenvalue weighted by Gasteiger charge is 2.52. The summed E-state index contributed by atoms with van der Waals surface area (Å²) in [7, 11) is 0. The van der Waals surface area contributed by atoms with Crippen LogP contribution in [0.2, 0.25) is 10.0 Å². The number of carbonyl (C=O) groups is 9. The number of hydrogen-bond donors (Lipinski definition) is 24. The van der Waals surface area contributed by atoms with E-state index in [1.54, 1.807) is 0 Å². The van der Waals surface area contributed by atoms with Gasteiger partial charge in [0.2, 0.25) is 71.5 Å². The standard InChI is InChI=1S/C90H102Cl2N10O32/c1-4-5-6-7-8-9-10-11-20-94-83(121)68-48-31-45(109)32-57(129-90-78(118)77(117)74(114)62(35-105)132-90)63(48)47-25-40(14-16-52(47)110)65-84(122)102-71(87(125)101-68)79(133-88-69(95-36(2)106)75(115)72(112)60(33-103)130-88)41-15-19-55(50(92)26-41)128-59-29-43-28-58(80(59)134-89-70(96-37(3)107)76(116)73(113)61(34-104)131-89)127-54-18-12-38(21-49(54)91)22-51-81(119)98-66(85(123)100-67(43)86(124)99-65)42-23-44(108)30-46(24-42)126-56-27-39(13-17-53(56)111)64(93)82(120)97-51/h12-19,21,23-32,51,60-62,64-79,88-90,103-105,108-118H,4-11,20,22,33-35,93H2,1-3H3,(H,94,121)(H,95,106)(H,96,107)(H,97,120)(H,98,119)(H,99,124)(H,100,123)(H,101,125)(H,102,122)/t51-,60+,61+,62-,64-,65-,66+,67-,68+,69+,70+,71+,72-,73-,74-,75-,76-,77-,78+,79-,88+,89-,90+/m1/s1. The Morgan fingerprint density at radius 3 is 1.62 bits per heavy atom. The van der Waals surface area contributed by atoms with E-state index in [1.165, 1.54) is 30.3 Å². The average Bonchev–Trinajstić information content (AvgIpc) is 0.733. The Kier molecular flexibility index (Phi) is 30.9. The van der Waals surface area contributed by atoms with E-state index in [2.05, 4.69) is 54.8 Å². The molecule has 0 spiro atoms. The Morgan fingerprint density at radius 1 is 0.470 bits per heavy atom. The number of aliphatic hydroxyl groups is 10. The van der Waals surface area contributed by atoms with Gasteiger partial charge in [-0.25, -0.2) is 0 Å². The van der Waals surface area contributed by atoms with Crippen LogP contribution in [0.1, 0.15) is 147 Å². The topological polar surface area (TPSA) is 654 Å². The third-order valence-corrected chi connectivity index (χ3v) is 24.4. The Morgan fingerprint density at radius 2 is 1.00 bits per heavy atom. The predicted octanol–water partition coefficient (Wildman–Crippen LogP) is 1.22. The summed E-state index contributed by atoms with van der Waals surface area (Å²) >= 11 is 14.7. The van der Waals surface area contributed by atoms with Crippen LogP contribution in [0, 0.1) is 0 Å². The van der Waals surface area contributed by atoms with E-state index in [9.17, 15) is 85.9 Å². The molecular formula is C90H102Cl2N10O32. The number of aliphatic hydroxyl groups excluding tert-OH is 10. The SMILES string of the molecule is CCCCCCCCCCNC(=O)[C@H]1NC(=O)[C@H]2NC(=O)[C@H](NC(=O)[C@@H]3NC(=O)[C@H]4NC(=O)[C@@H](Cc5ccc(c(Cl)c5)Oc5cc3cc(c5O[C@H]3O[C@@H](CO)[C@@H](O)[C@H](O)[C@@H]3NC(C)=O)Oc3ccc(cc3Cl)[C@H]2O[C@@H]2O[C@@H](CO)[C@@H](O)[C@H](O)[C@@H]2NC(C)=O)NC(=O)[C@H](N)c2ccc(O)c(c2)Oc2cc(O)cc4c2)c2ccc(O)c(c2)-c2c(O[C@H]3O[C@H](CO)[C@@H](O)[C@@H](O)[C@@H]3O)cc(O)cc21. The van der Waals surface area contributed by atoms with E-state index in [0.29, 0.717) is 12.8 Å². The van der Waals surface area contributed by atoms with Crippen molar-refractivity contribution in [3.8, 4) is 80.1 Å². The van der Waals surface area contributed by atoms with Crippen LogP contribution in [-0.4, -0.2) is 255 Å². The van der Waals surface area contributed by atoms with Gasteiger partial charge in [-0.05, 0) is 124 Å². The van der Waals surface area contributed by atoms with Crippen LogP contribution in [0.4, 0.5) is 0 Å². The van der Waals surface area contributed by atoms with Gasteiger partial charge >= 0.3 is 0 Å². The fourth-order valence-electron chi connectivity index (χ4n) is 16.8. The smallest absolute Gasteiger partial charge is 0.248 e. The molecule has 0 radical (unpaired) electrons. The fraction of sp³-hybridized carbons (Fsp3) is 0.433. The van der Waals surface area contributed by atoms with Gasteiger partial charge in [-0.2, -0.15) is 0 Å². The lowest BCUT2D eigenvalue weighted by molar-refractivity contribution is -0.284. The fourth-order valence-corrected chi connectivity index (χ4v) is 17.3. The van der Waals surface area contributed by atoms with Crippen molar-refractivity contribution in [1.29, 1.82) is 0 Å². The van der Waals surface area contributed by atoms with Gasteiger partial charge in [0.25, 0.3) is 0 Å². The highest BCUT2D eigenvalue weighted by atomic mass is 35.5. The van der Waals surface area contributed by atoms with Crippen molar-refractivity contribution in [3.63, 3.8) is 0 Å². The first-order chi connectivity index (χ1) is 64.0. The van der Waals surface area contributed by atoms with Gasteiger partial charge in [0.1, 0.15) is 162 Å². The molecule has 134 heavy (non-hydrogen) atoms. The van der Waals surface area contributed by atoms with Crippen LogP contribution in [0.15, 0.2) is 115 Å². The van der Waals surface area contributed by atoms with Gasteiger partial charge in [-0.3, -0.25) is 43.2 Å². The summed E-state index contributed by atoms with van der Waals surface area (Å²) in [5.74, 6) is -18.1. The maximum atomic E-state index is 17.1. The molecule has 44 heteroatoms. The Bertz CT molecular complexity index is 5590. The van der Waals surface area contributed by atoms with E-state index >= 15 is 28.8 Å². The van der Waals surface area contributed by atoms with Crippen LogP contribution < -0.4 is 77.3 Å². The number of rotatable bonds is 21. The predicted molar refractivity (Wildman–Crippen MR) is 464 cm³/mol. The van der Waals surface area contributed by atoms with Crippen molar-refractivity contribution in [1.82, 2.24) is 47.9 Å². The number of phenols is 4. The largest absolute Gasteiger partial charge is 0.508 e. The Hall–Kier alpha value is -12.1. The minimum atomic E-state index is -2.51. The first kappa shape index (κ1) is 98.0. The number of carbonyl (C=O) groups excluding carboxylic acids is 9. The van der Waals surface area contributed by atoms with E-state index in [0.717, 1.165) is 137 Å². The molecule has 0 saturated carbocycles. The molecule has 0 unspecified atom stereocenters. The van der Waals surface area contributed by atoms with Crippen molar-refractivity contribution in [2.75, 3.05) is 26.4 Å². The molecule has 9 aliphatic heterocycles. The molecule has 25 N–H and O–H groups in total. The zero-order valence-electron chi connectivity index (χ0n) is 71.9. The summed E-state index contributed by atoms with van der Waals surface area (Å²) in [4.78, 5) is 140. The average molecular weight is 1910 g/mol. The van der Waals surface area contributed by atoms with Crippen LogP contribution in [-0.2, 0) is 68.5 Å². The summed E-state index contributed by atoms with van der Waals surface area (Å²) < 4.78 is 57.7. The van der Waals surface area contributed by atoms with Gasteiger partial charge in [0, 0.05) is 50.1 Å². The number of unbranched alkanes of at least 4 members (excludes halogenated alkanes) is 7. The number of phenolic OH excluding ortho intramolecular Hbond substituents is 4. The highest BCUT2D eigenvalue weighted by molar-refractivity contribution is 6.32. The van der Waals surface area contributed by atoms with E-state index < -0.39 is 304 Å². The van der Waals surface area contributed by atoms with E-state index in [1.807, 2.05) is 0 Å². The lowest BCUT2D eigenvalue weighted by Crippen LogP contribution is -2.65. The minimum Gasteiger partial charge on any atom is -0.508 e. The summed E-state index contributed by atoms with van der Waals surface area (Å²) in [6.45, 7) is 0.914. The summed E-state index contributed by atoms with van der Waals surface area (Å²) in [5.41, 5.74) is 3.45. The van der Waals surface area contributed by atoms with Gasteiger partial charge in [-0.1, -0.05) is 99.3 Å². The highest BCUT2D eigenvalue weighted by Crippen LogP contribution is 2.51. The molecule has 17 bridgehead atoms. The number of fused-ring (bicyclic) bond motifs is 14. The summed E-state index contributed by atoms with van der Waals surface area (Å²) in [6.07, 6.45) is -22.4. The Labute approximate surface area is 773 Å². The van der Waals surface area contributed by atoms with Crippen molar-refractivity contribution in [3.05, 3.63) is 164 Å². The van der Waals surface area contributed by atoms with Gasteiger partial charge in [-0.15, -0.1) is 0 Å². The van der Waals surface area contributed by atoms with Crippen molar-refractivity contribution < 1.29 is 157 Å². The summed E-state index contributed by atoms with van der Waals surface area (Å²) in [6, 6.07) is 1.94. The lowest BCUT2D eigenvalue weighted by atomic mass is 9.89. The zero-order valence-corrected chi connectivity index (χ0v) is 73.4. The van der Waals surface area contributed by atoms with Crippen LogP contribution in [0.3, 0.4) is 0 Å². The number of halogens is 2. The van der Waals surface area contributed by atoms with Crippen molar-refractivity contribution in [2.45, 2.75) is 219 Å².